The van der Waals surface area contributed by atoms with Crippen LogP contribution in [0.3, 0.4) is 0 Å². The number of ether oxygens (including phenoxy) is 1. The largest absolute Gasteiger partial charge is 0.377 e. The van der Waals surface area contributed by atoms with Crippen LogP contribution < -0.4 is 0 Å². The van der Waals surface area contributed by atoms with Crippen molar-refractivity contribution >= 4 is 0 Å². The van der Waals surface area contributed by atoms with Crippen LogP contribution in [0.4, 0.5) is 0 Å². The average molecular weight is 154 g/mol. The summed E-state index contributed by atoms with van der Waals surface area (Å²) < 4.78 is 7.37. The van der Waals surface area contributed by atoms with Crippen LogP contribution in [0, 0.1) is 0 Å². The lowest BCUT2D eigenvalue weighted by molar-refractivity contribution is 0.0727. The Balaban J connectivity index is 2.14. The van der Waals surface area contributed by atoms with E-state index < -0.39 is 0 Å². The Hall–Kier alpha value is -0.830. The van der Waals surface area contributed by atoms with E-state index in [1.807, 2.05) is 24.6 Å². The van der Waals surface area contributed by atoms with E-state index in [-0.39, 0.29) is 0 Å². The van der Waals surface area contributed by atoms with E-state index in [0.717, 1.165) is 13.2 Å². The first-order valence-corrected chi connectivity index (χ1v) is 3.86. The Labute approximate surface area is 67.0 Å². The minimum Gasteiger partial charge on any atom is -0.377 e. The van der Waals surface area contributed by atoms with Gasteiger partial charge in [-0.2, -0.15) is 0 Å². The zero-order valence-electron chi connectivity index (χ0n) is 7.03. The summed E-state index contributed by atoms with van der Waals surface area (Å²) in [7, 11) is 0. The Morgan fingerprint density at radius 1 is 1.55 bits per heavy atom. The van der Waals surface area contributed by atoms with Gasteiger partial charge in [0.25, 0.3) is 0 Å². The third-order valence-corrected chi connectivity index (χ3v) is 1.36. The Bertz CT molecular complexity index is 182. The van der Waals surface area contributed by atoms with Crippen LogP contribution in [0.2, 0.25) is 0 Å². The molecule has 11 heavy (non-hydrogen) atoms. The van der Waals surface area contributed by atoms with E-state index in [0.29, 0.717) is 6.10 Å². The summed E-state index contributed by atoms with van der Waals surface area (Å²) >= 11 is 0. The molecule has 0 atom stereocenters. The Morgan fingerprint density at radius 3 is 2.91 bits per heavy atom. The molecule has 0 radical (unpaired) electrons. The molecule has 0 aromatic carbocycles. The minimum atomic E-state index is 0.318. The molecule has 0 aliphatic heterocycles. The van der Waals surface area contributed by atoms with Crippen molar-refractivity contribution in [3.8, 4) is 0 Å². The number of hydrogen-bond donors (Lipinski definition) is 0. The van der Waals surface area contributed by atoms with Crippen molar-refractivity contribution in [2.45, 2.75) is 26.5 Å². The molecule has 1 aromatic heterocycles. The molecule has 0 saturated carbocycles. The Kier molecular flexibility index (Phi) is 3.11. The highest BCUT2D eigenvalue weighted by molar-refractivity contribution is 4.73. The zero-order chi connectivity index (χ0) is 8.10. The highest BCUT2D eigenvalue weighted by atomic mass is 16.5. The summed E-state index contributed by atoms with van der Waals surface area (Å²) in [6.45, 7) is 5.72. The van der Waals surface area contributed by atoms with Gasteiger partial charge in [-0.25, -0.2) is 4.98 Å². The minimum absolute atomic E-state index is 0.318. The fourth-order valence-corrected chi connectivity index (χ4v) is 0.813. The molecule has 62 valence electrons. The molecule has 3 heteroatoms. The molecule has 3 nitrogen and oxygen atoms in total. The topological polar surface area (TPSA) is 27.1 Å². The third-order valence-electron chi connectivity index (χ3n) is 1.36. The number of nitrogens with zero attached hydrogens (tertiary/aromatic N) is 2. The lowest BCUT2D eigenvalue weighted by atomic mass is 10.5. The fraction of sp³-hybridized carbons (Fsp3) is 0.625. The number of imidazole rings is 1. The summed E-state index contributed by atoms with van der Waals surface area (Å²) in [5, 5.41) is 0. The molecule has 0 unspecified atom stereocenters. The molecule has 0 saturated heterocycles. The van der Waals surface area contributed by atoms with Gasteiger partial charge in [0.1, 0.15) is 0 Å². The van der Waals surface area contributed by atoms with Crippen LogP contribution in [0.15, 0.2) is 18.7 Å². The monoisotopic (exact) mass is 154 g/mol. The maximum atomic E-state index is 5.37. The molecule has 0 aliphatic carbocycles. The van der Waals surface area contributed by atoms with Crippen molar-refractivity contribution < 1.29 is 4.74 Å². The van der Waals surface area contributed by atoms with E-state index in [1.165, 1.54) is 0 Å². The smallest absolute Gasteiger partial charge is 0.0946 e. The number of hydrogen-bond acceptors (Lipinski definition) is 2. The van der Waals surface area contributed by atoms with Gasteiger partial charge in [0.15, 0.2) is 0 Å². The van der Waals surface area contributed by atoms with Crippen LogP contribution >= 0.6 is 0 Å². The second-order valence-electron chi connectivity index (χ2n) is 2.72. The molecular weight excluding hydrogens is 140 g/mol. The van der Waals surface area contributed by atoms with Crippen molar-refractivity contribution in [3.05, 3.63) is 18.7 Å². The van der Waals surface area contributed by atoms with Crippen molar-refractivity contribution in [1.82, 2.24) is 9.55 Å². The Morgan fingerprint density at radius 2 is 2.36 bits per heavy atom. The molecule has 0 aliphatic rings. The molecular formula is C8H14N2O. The van der Waals surface area contributed by atoms with Gasteiger partial charge in [0, 0.05) is 18.9 Å². The second-order valence-corrected chi connectivity index (χ2v) is 2.72. The van der Waals surface area contributed by atoms with Gasteiger partial charge in [-0.05, 0) is 13.8 Å². The van der Waals surface area contributed by atoms with Gasteiger partial charge in [0.2, 0.25) is 0 Å². The highest BCUT2D eigenvalue weighted by Gasteiger charge is 1.92. The van der Waals surface area contributed by atoms with Crippen molar-refractivity contribution in [2.75, 3.05) is 6.61 Å². The van der Waals surface area contributed by atoms with Gasteiger partial charge >= 0.3 is 0 Å². The maximum Gasteiger partial charge on any atom is 0.0946 e. The van der Waals surface area contributed by atoms with Gasteiger partial charge in [-0.3, -0.25) is 0 Å². The van der Waals surface area contributed by atoms with Crippen LogP contribution in [0.5, 0.6) is 0 Å². The summed E-state index contributed by atoms with van der Waals surface area (Å²) in [6, 6.07) is 0. The molecule has 1 aromatic rings. The molecule has 1 heterocycles. The predicted octanol–water partition coefficient (Wildman–Crippen LogP) is 1.31. The molecule has 0 bridgehead atoms. The first kappa shape index (κ1) is 8.27. The first-order valence-electron chi connectivity index (χ1n) is 3.86. The quantitative estimate of drug-likeness (QED) is 0.653. The second kappa shape index (κ2) is 4.13. The summed E-state index contributed by atoms with van der Waals surface area (Å²) in [6.07, 6.45) is 5.82. The van der Waals surface area contributed by atoms with Gasteiger partial charge in [0.05, 0.1) is 19.0 Å². The lowest BCUT2D eigenvalue weighted by Crippen LogP contribution is -2.09. The van der Waals surface area contributed by atoms with Crippen molar-refractivity contribution in [3.63, 3.8) is 0 Å². The highest BCUT2D eigenvalue weighted by Crippen LogP contribution is 1.90. The number of rotatable bonds is 4. The third kappa shape index (κ3) is 3.18. The van der Waals surface area contributed by atoms with Crippen LogP contribution in [0.25, 0.3) is 0 Å². The predicted molar refractivity (Wildman–Crippen MR) is 43.3 cm³/mol. The first-order chi connectivity index (χ1) is 5.29. The van der Waals surface area contributed by atoms with E-state index in [2.05, 4.69) is 4.98 Å². The average Bonchev–Trinajstić information content (AvgIpc) is 2.39. The van der Waals surface area contributed by atoms with Gasteiger partial charge in [-0.1, -0.05) is 0 Å². The van der Waals surface area contributed by atoms with Gasteiger partial charge < -0.3 is 9.30 Å². The van der Waals surface area contributed by atoms with Crippen molar-refractivity contribution in [1.29, 1.82) is 0 Å². The maximum absolute atomic E-state index is 5.37. The lowest BCUT2D eigenvalue weighted by Gasteiger charge is -2.06. The SMILES string of the molecule is CC(C)OCCn1ccnc1. The standard InChI is InChI=1S/C8H14N2O/c1-8(2)11-6-5-10-4-3-9-7-10/h3-4,7-8H,5-6H2,1-2H3. The van der Waals surface area contributed by atoms with Crippen LogP contribution in [-0.2, 0) is 11.3 Å². The molecule has 0 amide bonds. The van der Waals surface area contributed by atoms with Crippen LogP contribution in [-0.4, -0.2) is 22.3 Å². The molecule has 0 spiro atoms. The molecule has 0 N–H and O–H groups in total. The zero-order valence-corrected chi connectivity index (χ0v) is 7.03. The fourth-order valence-electron chi connectivity index (χ4n) is 0.813. The summed E-state index contributed by atoms with van der Waals surface area (Å²) in [4.78, 5) is 3.93. The molecule has 0 fully saturated rings. The van der Waals surface area contributed by atoms with Crippen molar-refractivity contribution in [2.24, 2.45) is 0 Å². The molecule has 1 rings (SSSR count). The van der Waals surface area contributed by atoms with E-state index in [4.69, 9.17) is 4.74 Å². The van der Waals surface area contributed by atoms with Crippen LogP contribution in [0.1, 0.15) is 13.8 Å². The van der Waals surface area contributed by atoms with E-state index in [1.54, 1.807) is 12.5 Å². The van der Waals surface area contributed by atoms with Gasteiger partial charge in [-0.15, -0.1) is 0 Å². The summed E-state index contributed by atoms with van der Waals surface area (Å²) in [5.74, 6) is 0. The number of aromatic nitrogens is 2. The van der Waals surface area contributed by atoms with E-state index >= 15 is 0 Å². The van der Waals surface area contributed by atoms with E-state index in [9.17, 15) is 0 Å². The summed E-state index contributed by atoms with van der Waals surface area (Å²) in [5.41, 5.74) is 0. The normalized spacial score (nSPS) is 10.8.